The fourth-order valence-electron chi connectivity index (χ4n) is 2.03. The number of nitrogens with one attached hydrogen (secondary N) is 1. The van der Waals surface area contributed by atoms with E-state index in [1.165, 1.54) is 29.8 Å². The second-order valence-corrected chi connectivity index (χ2v) is 5.74. The van der Waals surface area contributed by atoms with Crippen molar-refractivity contribution < 1.29 is 0 Å². The van der Waals surface area contributed by atoms with Gasteiger partial charge in [-0.2, -0.15) is 0 Å². The van der Waals surface area contributed by atoms with Gasteiger partial charge < -0.3 is 5.32 Å². The zero-order valence-electron chi connectivity index (χ0n) is 10.9. The van der Waals surface area contributed by atoms with Gasteiger partial charge in [-0.05, 0) is 26.8 Å². The predicted molar refractivity (Wildman–Crippen MR) is 73.8 cm³/mol. The first-order chi connectivity index (χ1) is 8.22. The van der Waals surface area contributed by atoms with Crippen molar-refractivity contribution in [2.45, 2.75) is 46.6 Å². The number of nitrogens with zero attached hydrogens (tertiary/aromatic N) is 2. The van der Waals surface area contributed by atoms with Crippen LogP contribution >= 0.6 is 11.3 Å². The van der Waals surface area contributed by atoms with Crippen molar-refractivity contribution in [1.29, 1.82) is 0 Å². The van der Waals surface area contributed by atoms with Gasteiger partial charge >= 0.3 is 0 Å². The van der Waals surface area contributed by atoms with Gasteiger partial charge in [0.15, 0.2) is 4.96 Å². The monoisotopic (exact) mass is 251 g/mol. The molecular formula is C13H21N3S. The topological polar surface area (TPSA) is 29.3 Å². The van der Waals surface area contributed by atoms with Gasteiger partial charge in [-0.25, -0.2) is 4.98 Å². The second-order valence-electron chi connectivity index (χ2n) is 4.52. The fraction of sp³-hybridized carbons (Fsp3) is 0.615. The molecule has 0 aromatic carbocycles. The molecule has 2 aromatic rings. The zero-order chi connectivity index (χ0) is 12.3. The molecule has 0 amide bonds. The van der Waals surface area contributed by atoms with Crippen molar-refractivity contribution >= 4 is 16.3 Å². The quantitative estimate of drug-likeness (QED) is 0.798. The summed E-state index contributed by atoms with van der Waals surface area (Å²) in [6.45, 7) is 8.49. The summed E-state index contributed by atoms with van der Waals surface area (Å²) in [5, 5.41) is 3.51. The number of aryl methyl sites for hydroxylation is 2. The Balaban J connectivity index is 1.99. The van der Waals surface area contributed by atoms with Crippen molar-refractivity contribution in [2.75, 3.05) is 6.54 Å². The SMILES string of the molecule is CCCCCNCc1c(C)nc2sc(C)cn12. The number of unbranched alkanes of at least 4 members (excludes halogenated alkanes) is 2. The number of rotatable bonds is 6. The molecule has 4 heteroatoms. The molecule has 0 fully saturated rings. The van der Waals surface area contributed by atoms with Gasteiger partial charge in [-0.15, -0.1) is 11.3 Å². The number of hydrogen-bond donors (Lipinski definition) is 1. The van der Waals surface area contributed by atoms with Crippen LogP contribution in [-0.4, -0.2) is 15.9 Å². The largest absolute Gasteiger partial charge is 0.311 e. The Hall–Kier alpha value is -0.870. The van der Waals surface area contributed by atoms with Crippen LogP contribution in [0.3, 0.4) is 0 Å². The van der Waals surface area contributed by atoms with E-state index in [4.69, 9.17) is 0 Å². The molecule has 0 unspecified atom stereocenters. The second kappa shape index (κ2) is 5.65. The smallest absolute Gasteiger partial charge is 0.194 e. The molecule has 0 aliphatic carbocycles. The van der Waals surface area contributed by atoms with E-state index in [2.05, 4.69) is 41.7 Å². The van der Waals surface area contributed by atoms with Crippen molar-refractivity contribution in [3.8, 4) is 0 Å². The fourth-order valence-corrected chi connectivity index (χ4v) is 2.92. The van der Waals surface area contributed by atoms with E-state index in [9.17, 15) is 0 Å². The minimum atomic E-state index is 0.923. The third-order valence-corrected chi connectivity index (χ3v) is 3.89. The minimum Gasteiger partial charge on any atom is -0.311 e. The van der Waals surface area contributed by atoms with Crippen LogP contribution in [0, 0.1) is 13.8 Å². The van der Waals surface area contributed by atoms with Crippen LogP contribution in [0.1, 0.15) is 42.5 Å². The third-order valence-electron chi connectivity index (χ3n) is 2.99. The Morgan fingerprint density at radius 3 is 2.94 bits per heavy atom. The highest BCUT2D eigenvalue weighted by atomic mass is 32.1. The molecule has 2 aromatic heterocycles. The first-order valence-electron chi connectivity index (χ1n) is 6.37. The van der Waals surface area contributed by atoms with E-state index in [-0.39, 0.29) is 0 Å². The molecule has 0 aliphatic rings. The van der Waals surface area contributed by atoms with Crippen LogP contribution in [0.2, 0.25) is 0 Å². The Labute approximate surface area is 107 Å². The molecule has 0 saturated heterocycles. The summed E-state index contributed by atoms with van der Waals surface area (Å²) >= 11 is 1.76. The summed E-state index contributed by atoms with van der Waals surface area (Å²) in [6.07, 6.45) is 6.04. The maximum absolute atomic E-state index is 4.59. The molecule has 0 aliphatic heterocycles. The molecule has 0 atom stereocenters. The number of hydrogen-bond acceptors (Lipinski definition) is 3. The molecular weight excluding hydrogens is 230 g/mol. The normalized spacial score (nSPS) is 11.5. The minimum absolute atomic E-state index is 0.923. The average molecular weight is 251 g/mol. The third kappa shape index (κ3) is 2.87. The lowest BCUT2D eigenvalue weighted by molar-refractivity contribution is 0.607. The molecule has 0 spiro atoms. The van der Waals surface area contributed by atoms with Gasteiger partial charge in [0, 0.05) is 17.6 Å². The molecule has 3 nitrogen and oxygen atoms in total. The average Bonchev–Trinajstić information content (AvgIpc) is 2.75. The lowest BCUT2D eigenvalue weighted by atomic mass is 10.2. The Morgan fingerprint density at radius 1 is 1.35 bits per heavy atom. The van der Waals surface area contributed by atoms with E-state index in [0.717, 1.165) is 23.7 Å². The van der Waals surface area contributed by atoms with E-state index in [1.54, 1.807) is 11.3 Å². The summed E-state index contributed by atoms with van der Waals surface area (Å²) in [5.41, 5.74) is 2.46. The van der Waals surface area contributed by atoms with Crippen molar-refractivity contribution in [3.05, 3.63) is 22.5 Å². The lowest BCUT2D eigenvalue weighted by Crippen LogP contribution is -2.16. The molecule has 2 heterocycles. The van der Waals surface area contributed by atoms with Crippen LogP contribution < -0.4 is 5.32 Å². The van der Waals surface area contributed by atoms with Crippen LogP contribution in [0.5, 0.6) is 0 Å². The number of aromatic nitrogens is 2. The van der Waals surface area contributed by atoms with Crippen molar-refractivity contribution in [1.82, 2.24) is 14.7 Å². The van der Waals surface area contributed by atoms with Crippen molar-refractivity contribution in [2.24, 2.45) is 0 Å². The number of imidazole rings is 1. The molecule has 0 radical (unpaired) electrons. The number of fused-ring (bicyclic) bond motifs is 1. The van der Waals surface area contributed by atoms with E-state index in [0.29, 0.717) is 0 Å². The van der Waals surface area contributed by atoms with Crippen LogP contribution in [0.25, 0.3) is 4.96 Å². The maximum atomic E-state index is 4.59. The first kappa shape index (κ1) is 12.6. The van der Waals surface area contributed by atoms with Gasteiger partial charge in [-0.3, -0.25) is 4.40 Å². The summed E-state index contributed by atoms with van der Waals surface area (Å²) in [4.78, 5) is 7.03. The Kier molecular flexibility index (Phi) is 4.18. The lowest BCUT2D eigenvalue weighted by Gasteiger charge is -2.04. The standard InChI is InChI=1S/C13H21N3S/c1-4-5-6-7-14-8-12-11(3)15-13-16(12)9-10(2)17-13/h9,14H,4-8H2,1-3H3. The molecule has 94 valence electrons. The summed E-state index contributed by atoms with van der Waals surface area (Å²) < 4.78 is 2.22. The Bertz CT molecular complexity index is 484. The van der Waals surface area contributed by atoms with E-state index in [1.807, 2.05) is 0 Å². The summed E-state index contributed by atoms with van der Waals surface area (Å²) in [6, 6.07) is 0. The van der Waals surface area contributed by atoms with Crippen LogP contribution in [0.4, 0.5) is 0 Å². The molecule has 0 bridgehead atoms. The van der Waals surface area contributed by atoms with E-state index >= 15 is 0 Å². The highest BCUT2D eigenvalue weighted by Crippen LogP contribution is 2.20. The van der Waals surface area contributed by atoms with E-state index < -0.39 is 0 Å². The molecule has 17 heavy (non-hydrogen) atoms. The summed E-state index contributed by atoms with van der Waals surface area (Å²) in [5.74, 6) is 0. The Morgan fingerprint density at radius 2 is 2.18 bits per heavy atom. The zero-order valence-corrected chi connectivity index (χ0v) is 11.7. The van der Waals surface area contributed by atoms with Crippen molar-refractivity contribution in [3.63, 3.8) is 0 Å². The molecule has 2 rings (SSSR count). The maximum Gasteiger partial charge on any atom is 0.194 e. The highest BCUT2D eigenvalue weighted by Gasteiger charge is 2.09. The van der Waals surface area contributed by atoms with Gasteiger partial charge in [0.25, 0.3) is 0 Å². The van der Waals surface area contributed by atoms with Gasteiger partial charge in [0.05, 0.1) is 11.4 Å². The van der Waals surface area contributed by atoms with Gasteiger partial charge in [0.1, 0.15) is 0 Å². The van der Waals surface area contributed by atoms with Gasteiger partial charge in [-0.1, -0.05) is 19.8 Å². The van der Waals surface area contributed by atoms with Crippen LogP contribution in [0.15, 0.2) is 6.20 Å². The summed E-state index contributed by atoms with van der Waals surface area (Å²) in [7, 11) is 0. The van der Waals surface area contributed by atoms with Gasteiger partial charge in [0.2, 0.25) is 0 Å². The number of thiazole rings is 1. The molecule has 1 N–H and O–H groups in total. The molecule has 0 saturated carbocycles. The first-order valence-corrected chi connectivity index (χ1v) is 7.18. The van der Waals surface area contributed by atoms with Crippen LogP contribution in [-0.2, 0) is 6.54 Å². The highest BCUT2D eigenvalue weighted by molar-refractivity contribution is 7.17. The predicted octanol–water partition coefficient (Wildman–Crippen LogP) is 3.29.